The molecule has 18 heavy (non-hydrogen) atoms. The third-order valence-corrected chi connectivity index (χ3v) is 3.46. The van der Waals surface area contributed by atoms with Gasteiger partial charge in [0.15, 0.2) is 0 Å². The van der Waals surface area contributed by atoms with Gasteiger partial charge in [-0.3, -0.25) is 4.90 Å². The number of methoxy groups -OCH3 is 1. The van der Waals surface area contributed by atoms with Gasteiger partial charge in [0, 0.05) is 38.8 Å². The van der Waals surface area contributed by atoms with Gasteiger partial charge in [0.05, 0.1) is 6.61 Å². The molecular weight excluding hydrogens is 224 g/mol. The number of likely N-dealkylation sites (tertiary alicyclic amines) is 1. The average molecular weight is 248 g/mol. The number of benzene rings is 1. The van der Waals surface area contributed by atoms with Crippen LogP contribution in [0.15, 0.2) is 30.3 Å². The molecule has 2 unspecified atom stereocenters. The summed E-state index contributed by atoms with van der Waals surface area (Å²) < 4.78 is 5.16. The number of ether oxygens (including phenoxy) is 1. The first-order valence-corrected chi connectivity index (χ1v) is 6.79. The Bertz CT molecular complexity index is 342. The molecule has 0 spiro atoms. The summed E-state index contributed by atoms with van der Waals surface area (Å²) >= 11 is 0. The highest BCUT2D eigenvalue weighted by Gasteiger charge is 2.23. The van der Waals surface area contributed by atoms with Crippen LogP contribution < -0.4 is 5.32 Å². The van der Waals surface area contributed by atoms with E-state index in [2.05, 4.69) is 47.5 Å². The van der Waals surface area contributed by atoms with Crippen LogP contribution in [0.1, 0.15) is 18.9 Å². The van der Waals surface area contributed by atoms with Gasteiger partial charge >= 0.3 is 0 Å². The second-order valence-electron chi connectivity index (χ2n) is 5.23. The van der Waals surface area contributed by atoms with Crippen molar-refractivity contribution >= 4 is 0 Å². The van der Waals surface area contributed by atoms with E-state index >= 15 is 0 Å². The van der Waals surface area contributed by atoms with Crippen molar-refractivity contribution in [1.29, 1.82) is 0 Å². The first-order valence-electron chi connectivity index (χ1n) is 6.79. The van der Waals surface area contributed by atoms with Crippen LogP contribution in [-0.2, 0) is 11.3 Å². The molecule has 1 saturated heterocycles. The zero-order valence-electron chi connectivity index (χ0n) is 11.4. The average Bonchev–Trinajstić information content (AvgIpc) is 2.78. The van der Waals surface area contributed by atoms with Crippen LogP contribution >= 0.6 is 0 Å². The molecule has 1 aromatic rings. The highest BCUT2D eigenvalue weighted by Crippen LogP contribution is 2.13. The minimum Gasteiger partial charge on any atom is -0.383 e. The van der Waals surface area contributed by atoms with E-state index in [9.17, 15) is 0 Å². The molecule has 0 bridgehead atoms. The highest BCUT2D eigenvalue weighted by atomic mass is 16.5. The van der Waals surface area contributed by atoms with Gasteiger partial charge in [-0.25, -0.2) is 0 Å². The molecule has 1 aromatic carbocycles. The van der Waals surface area contributed by atoms with Crippen molar-refractivity contribution in [3.8, 4) is 0 Å². The van der Waals surface area contributed by atoms with E-state index in [4.69, 9.17) is 4.74 Å². The Morgan fingerprint density at radius 1 is 1.39 bits per heavy atom. The normalized spacial score (nSPS) is 22.2. The molecular formula is C15H24N2O. The van der Waals surface area contributed by atoms with Gasteiger partial charge in [0.1, 0.15) is 0 Å². The standard InChI is InChI=1S/C15H24N2O/c1-13(12-18-2)16-15-8-9-17(11-15)10-14-6-4-3-5-7-14/h3-7,13,15-16H,8-12H2,1-2H3. The highest BCUT2D eigenvalue weighted by molar-refractivity contribution is 5.14. The predicted octanol–water partition coefficient (Wildman–Crippen LogP) is 1.89. The zero-order chi connectivity index (χ0) is 12.8. The van der Waals surface area contributed by atoms with E-state index in [0.29, 0.717) is 12.1 Å². The van der Waals surface area contributed by atoms with Gasteiger partial charge in [-0.1, -0.05) is 30.3 Å². The summed E-state index contributed by atoms with van der Waals surface area (Å²) in [5.41, 5.74) is 1.41. The van der Waals surface area contributed by atoms with Gasteiger partial charge in [-0.2, -0.15) is 0 Å². The van der Waals surface area contributed by atoms with Crippen LogP contribution in [-0.4, -0.2) is 43.8 Å². The Balaban J connectivity index is 1.75. The fourth-order valence-electron chi connectivity index (χ4n) is 2.65. The van der Waals surface area contributed by atoms with Crippen molar-refractivity contribution in [3.63, 3.8) is 0 Å². The Kier molecular flexibility index (Phi) is 5.17. The van der Waals surface area contributed by atoms with E-state index < -0.39 is 0 Å². The molecule has 2 atom stereocenters. The smallest absolute Gasteiger partial charge is 0.0613 e. The molecule has 1 N–H and O–H groups in total. The second-order valence-corrected chi connectivity index (χ2v) is 5.23. The second kappa shape index (κ2) is 6.88. The van der Waals surface area contributed by atoms with Gasteiger partial charge in [0.2, 0.25) is 0 Å². The van der Waals surface area contributed by atoms with Crippen molar-refractivity contribution < 1.29 is 4.74 Å². The quantitative estimate of drug-likeness (QED) is 0.832. The first-order chi connectivity index (χ1) is 8.78. The lowest BCUT2D eigenvalue weighted by molar-refractivity contribution is 0.166. The minimum atomic E-state index is 0.441. The zero-order valence-corrected chi connectivity index (χ0v) is 11.4. The molecule has 3 heteroatoms. The van der Waals surface area contributed by atoms with Crippen LogP contribution in [0.3, 0.4) is 0 Å². The fraction of sp³-hybridized carbons (Fsp3) is 0.600. The van der Waals surface area contributed by atoms with Gasteiger partial charge < -0.3 is 10.1 Å². The van der Waals surface area contributed by atoms with Crippen molar-refractivity contribution in [2.24, 2.45) is 0 Å². The van der Waals surface area contributed by atoms with E-state index in [1.54, 1.807) is 7.11 Å². The molecule has 0 amide bonds. The van der Waals surface area contributed by atoms with E-state index in [1.165, 1.54) is 18.5 Å². The molecule has 2 rings (SSSR count). The van der Waals surface area contributed by atoms with E-state index in [1.807, 2.05) is 0 Å². The minimum absolute atomic E-state index is 0.441. The first kappa shape index (κ1) is 13.5. The molecule has 0 radical (unpaired) electrons. The molecule has 0 aliphatic carbocycles. The van der Waals surface area contributed by atoms with Crippen molar-refractivity contribution in [2.75, 3.05) is 26.8 Å². The largest absolute Gasteiger partial charge is 0.383 e. The molecule has 0 aromatic heterocycles. The van der Waals surface area contributed by atoms with Gasteiger partial charge in [0.25, 0.3) is 0 Å². The maximum atomic E-state index is 5.16. The van der Waals surface area contributed by atoms with E-state index in [-0.39, 0.29) is 0 Å². The fourth-order valence-corrected chi connectivity index (χ4v) is 2.65. The Morgan fingerprint density at radius 2 is 2.17 bits per heavy atom. The number of nitrogens with zero attached hydrogens (tertiary/aromatic N) is 1. The molecule has 1 aliphatic heterocycles. The lowest BCUT2D eigenvalue weighted by atomic mass is 10.2. The summed E-state index contributed by atoms with van der Waals surface area (Å²) in [6.07, 6.45) is 1.24. The maximum absolute atomic E-state index is 5.16. The Hall–Kier alpha value is -0.900. The van der Waals surface area contributed by atoms with Crippen molar-refractivity contribution in [2.45, 2.75) is 32.0 Å². The number of hydrogen-bond donors (Lipinski definition) is 1. The molecule has 0 saturated carbocycles. The van der Waals surface area contributed by atoms with Crippen LogP contribution in [0, 0.1) is 0 Å². The summed E-state index contributed by atoms with van der Waals surface area (Å²) in [5.74, 6) is 0. The van der Waals surface area contributed by atoms with Crippen molar-refractivity contribution in [1.82, 2.24) is 10.2 Å². The van der Waals surface area contributed by atoms with Gasteiger partial charge in [-0.15, -0.1) is 0 Å². The topological polar surface area (TPSA) is 24.5 Å². The third-order valence-electron chi connectivity index (χ3n) is 3.46. The molecule has 1 heterocycles. The number of nitrogens with one attached hydrogen (secondary N) is 1. The molecule has 1 fully saturated rings. The predicted molar refractivity (Wildman–Crippen MR) is 74.6 cm³/mol. The lowest BCUT2D eigenvalue weighted by Crippen LogP contribution is -2.40. The maximum Gasteiger partial charge on any atom is 0.0613 e. The van der Waals surface area contributed by atoms with Crippen LogP contribution in [0.2, 0.25) is 0 Å². The molecule has 100 valence electrons. The summed E-state index contributed by atoms with van der Waals surface area (Å²) in [4.78, 5) is 2.52. The summed E-state index contributed by atoms with van der Waals surface area (Å²) in [6, 6.07) is 11.8. The van der Waals surface area contributed by atoms with Crippen LogP contribution in [0.5, 0.6) is 0 Å². The summed E-state index contributed by atoms with van der Waals surface area (Å²) in [6.45, 7) is 6.37. The third kappa shape index (κ3) is 4.09. The number of hydrogen-bond acceptors (Lipinski definition) is 3. The van der Waals surface area contributed by atoms with Crippen LogP contribution in [0.25, 0.3) is 0 Å². The molecule has 1 aliphatic rings. The number of rotatable bonds is 6. The molecule has 3 nitrogen and oxygen atoms in total. The summed E-state index contributed by atoms with van der Waals surface area (Å²) in [7, 11) is 1.76. The Morgan fingerprint density at radius 3 is 2.89 bits per heavy atom. The SMILES string of the molecule is COCC(C)NC1CCN(Cc2ccccc2)C1. The lowest BCUT2D eigenvalue weighted by Gasteiger charge is -2.20. The van der Waals surface area contributed by atoms with Gasteiger partial charge in [-0.05, 0) is 18.9 Å². The van der Waals surface area contributed by atoms with Crippen molar-refractivity contribution in [3.05, 3.63) is 35.9 Å². The Labute approximate surface area is 110 Å². The van der Waals surface area contributed by atoms with Crippen LogP contribution in [0.4, 0.5) is 0 Å². The summed E-state index contributed by atoms with van der Waals surface area (Å²) in [5, 5.41) is 3.63. The monoisotopic (exact) mass is 248 g/mol. The van der Waals surface area contributed by atoms with E-state index in [0.717, 1.165) is 19.7 Å².